The van der Waals surface area contributed by atoms with Gasteiger partial charge < -0.3 is 24.9 Å². The van der Waals surface area contributed by atoms with Gasteiger partial charge in [-0.05, 0) is 38.5 Å². The highest BCUT2D eigenvalue weighted by atomic mass is 16.4. The molecule has 28 heavy (non-hydrogen) atoms. The van der Waals surface area contributed by atoms with E-state index in [1.807, 2.05) is 0 Å². The third-order valence-electron chi connectivity index (χ3n) is 4.93. The second-order valence-electron chi connectivity index (χ2n) is 7.60. The number of hydrogen-bond acceptors (Lipinski definition) is 4. The smallest absolute Gasteiger partial charge is 0.303 e. The third-order valence-corrected chi connectivity index (χ3v) is 4.93. The molecule has 0 heterocycles. The molecule has 0 aromatic rings. The number of carbonyl (C=O) groups is 1. The Morgan fingerprint density at radius 2 is 1.39 bits per heavy atom. The number of carboxylic acid groups (broad SMARTS) is 1. The summed E-state index contributed by atoms with van der Waals surface area (Å²) in [5.74, 6) is -0.849. The first kappa shape index (κ1) is 26.8. The molecule has 6 nitrogen and oxygen atoms in total. The fraction of sp³-hybridized carbons (Fsp3) is 0.773. The lowest BCUT2D eigenvalue weighted by molar-refractivity contribution is -0.934. The van der Waals surface area contributed by atoms with Crippen LogP contribution in [0.2, 0.25) is 0 Å². The van der Waals surface area contributed by atoms with Crippen LogP contribution in [-0.2, 0) is 4.79 Å². The van der Waals surface area contributed by atoms with Crippen LogP contribution in [0.25, 0.3) is 0 Å². The Morgan fingerprint density at radius 1 is 0.893 bits per heavy atom. The van der Waals surface area contributed by atoms with Crippen molar-refractivity contribution < 1.29 is 29.7 Å². The summed E-state index contributed by atoms with van der Waals surface area (Å²) in [6.07, 6.45) is 12.4. The van der Waals surface area contributed by atoms with Gasteiger partial charge in [0.1, 0.15) is 31.8 Å². The molecule has 4 N–H and O–H groups in total. The summed E-state index contributed by atoms with van der Waals surface area (Å²) < 4.78 is 0.348. The Bertz CT molecular complexity index is 424. The first-order chi connectivity index (χ1) is 13.4. The second-order valence-corrected chi connectivity index (χ2v) is 7.60. The van der Waals surface area contributed by atoms with E-state index in [1.165, 1.54) is 0 Å². The fourth-order valence-corrected chi connectivity index (χ4v) is 3.55. The molecule has 0 amide bonds. The van der Waals surface area contributed by atoms with E-state index in [4.69, 9.17) is 5.11 Å². The van der Waals surface area contributed by atoms with Crippen molar-refractivity contribution in [1.29, 1.82) is 0 Å². The molecule has 0 aliphatic rings. The molecular formula is C22H42NO5+. The number of carboxylic acids is 1. The highest BCUT2D eigenvalue weighted by Crippen LogP contribution is 2.17. The van der Waals surface area contributed by atoms with Crippen LogP contribution in [0.4, 0.5) is 0 Å². The topological polar surface area (TPSA) is 98.0 Å². The van der Waals surface area contributed by atoms with Crippen LogP contribution in [0.5, 0.6) is 0 Å². The van der Waals surface area contributed by atoms with E-state index in [0.717, 1.165) is 25.7 Å². The van der Waals surface area contributed by atoms with Crippen molar-refractivity contribution in [3.8, 4) is 0 Å². The summed E-state index contributed by atoms with van der Waals surface area (Å²) in [4.78, 5) is 10.9. The third kappa shape index (κ3) is 13.9. The summed E-state index contributed by atoms with van der Waals surface area (Å²) >= 11 is 0. The largest absolute Gasteiger partial charge is 0.481 e. The van der Waals surface area contributed by atoms with Gasteiger partial charge in [-0.15, -0.1) is 0 Å². The van der Waals surface area contributed by atoms with Crippen molar-refractivity contribution >= 4 is 5.97 Å². The van der Waals surface area contributed by atoms with Crippen LogP contribution in [0.1, 0.15) is 65.2 Å². The average molecular weight is 401 g/mol. The van der Waals surface area contributed by atoms with Crippen molar-refractivity contribution in [2.45, 2.75) is 77.4 Å². The summed E-state index contributed by atoms with van der Waals surface area (Å²) in [6.45, 7) is 5.84. The zero-order valence-electron chi connectivity index (χ0n) is 17.8. The molecule has 2 atom stereocenters. The predicted molar refractivity (Wildman–Crippen MR) is 113 cm³/mol. The minimum atomic E-state index is -0.849. The lowest BCUT2D eigenvalue weighted by Gasteiger charge is -2.41. The molecule has 0 rings (SSSR count). The van der Waals surface area contributed by atoms with Crippen LogP contribution in [-0.4, -0.2) is 75.9 Å². The van der Waals surface area contributed by atoms with Gasteiger partial charge >= 0.3 is 5.97 Å². The Hall–Kier alpha value is -1.21. The molecule has 0 spiro atoms. The molecule has 164 valence electrons. The second kappa shape index (κ2) is 16.7. The minimum absolute atomic E-state index is 0.0517. The number of allylic oxidation sites excluding steroid dienone is 4. The molecule has 0 fully saturated rings. The van der Waals surface area contributed by atoms with Gasteiger partial charge in [-0.25, -0.2) is 0 Å². The first-order valence-electron chi connectivity index (χ1n) is 10.7. The lowest BCUT2D eigenvalue weighted by atomic mass is 10.1. The van der Waals surface area contributed by atoms with E-state index >= 15 is 0 Å². The summed E-state index contributed by atoms with van der Waals surface area (Å²) in [6, 6.07) is 0. The van der Waals surface area contributed by atoms with Crippen LogP contribution in [0.15, 0.2) is 24.3 Å². The molecule has 0 saturated heterocycles. The van der Waals surface area contributed by atoms with Crippen molar-refractivity contribution in [3.63, 3.8) is 0 Å². The van der Waals surface area contributed by atoms with Crippen LogP contribution >= 0.6 is 0 Å². The van der Waals surface area contributed by atoms with Crippen molar-refractivity contribution in [1.82, 2.24) is 0 Å². The van der Waals surface area contributed by atoms with Gasteiger partial charge in [0.05, 0.1) is 19.6 Å². The van der Waals surface area contributed by atoms with Gasteiger partial charge in [-0.3, -0.25) is 4.79 Å². The quantitative estimate of drug-likeness (QED) is 0.209. The highest BCUT2D eigenvalue weighted by Gasteiger charge is 2.32. The van der Waals surface area contributed by atoms with Crippen molar-refractivity contribution in [2.75, 3.05) is 32.8 Å². The predicted octanol–water partition coefficient (Wildman–Crippen LogP) is 2.87. The molecule has 0 aromatic heterocycles. The Balaban J connectivity index is 5.01. The molecule has 0 aromatic carbocycles. The molecule has 0 aliphatic heterocycles. The zero-order valence-corrected chi connectivity index (χ0v) is 17.8. The van der Waals surface area contributed by atoms with Gasteiger partial charge in [0, 0.05) is 6.42 Å². The molecule has 0 aliphatic carbocycles. The van der Waals surface area contributed by atoms with Gasteiger partial charge in [0.25, 0.3) is 0 Å². The SMILES string of the molecule is CC/C=C/CCC(O)C[N+](CCO)(CCCC(=O)O)CC(O)CC/C=C/CC. The number of hydrogen-bond donors (Lipinski definition) is 4. The van der Waals surface area contributed by atoms with Crippen molar-refractivity contribution in [2.24, 2.45) is 0 Å². The normalized spacial score (nSPS) is 16.5. The maximum absolute atomic E-state index is 10.9. The van der Waals surface area contributed by atoms with E-state index in [-0.39, 0.29) is 13.0 Å². The lowest BCUT2D eigenvalue weighted by Crippen LogP contribution is -2.57. The van der Waals surface area contributed by atoms with Crippen LogP contribution in [0, 0.1) is 0 Å². The molecule has 0 radical (unpaired) electrons. The standard InChI is InChI=1S/C22H41NO5/c1-3-5-7-9-12-20(25)18-23(16-17-24,15-11-14-22(27)28)19-21(26)13-10-8-6-4-2/h5-8,20-21,24-26H,3-4,9-19H2,1-2H3/p+1/b7-5+,8-6+. The summed E-state index contributed by atoms with van der Waals surface area (Å²) in [5, 5.41) is 39.7. The summed E-state index contributed by atoms with van der Waals surface area (Å²) in [7, 11) is 0. The monoisotopic (exact) mass is 400 g/mol. The Kier molecular flexibility index (Phi) is 16.0. The zero-order chi connectivity index (χ0) is 21.3. The fourth-order valence-electron chi connectivity index (χ4n) is 3.55. The first-order valence-corrected chi connectivity index (χ1v) is 10.7. The number of quaternary nitrogens is 1. The van der Waals surface area contributed by atoms with Gasteiger partial charge in [0.2, 0.25) is 0 Å². The molecule has 6 heteroatoms. The summed E-state index contributed by atoms with van der Waals surface area (Å²) in [5.41, 5.74) is 0. The number of aliphatic carboxylic acids is 1. The van der Waals surface area contributed by atoms with E-state index < -0.39 is 18.2 Å². The molecule has 2 unspecified atom stereocenters. The molecule has 0 saturated carbocycles. The maximum Gasteiger partial charge on any atom is 0.303 e. The average Bonchev–Trinajstić information content (AvgIpc) is 2.62. The highest BCUT2D eigenvalue weighted by molar-refractivity contribution is 5.66. The maximum atomic E-state index is 10.9. The van der Waals surface area contributed by atoms with Gasteiger partial charge in [-0.2, -0.15) is 0 Å². The van der Waals surface area contributed by atoms with Gasteiger partial charge in [-0.1, -0.05) is 38.2 Å². The van der Waals surface area contributed by atoms with E-state index in [9.17, 15) is 20.1 Å². The van der Waals surface area contributed by atoms with Crippen molar-refractivity contribution in [3.05, 3.63) is 24.3 Å². The Labute approximate surface area is 170 Å². The van der Waals surface area contributed by atoms with E-state index in [2.05, 4.69) is 38.2 Å². The number of rotatable bonds is 18. The molecule has 0 bridgehead atoms. The van der Waals surface area contributed by atoms with Crippen LogP contribution in [0.3, 0.4) is 0 Å². The van der Waals surface area contributed by atoms with E-state index in [1.54, 1.807) is 0 Å². The number of aliphatic hydroxyl groups is 3. The molecular weight excluding hydrogens is 358 g/mol. The Morgan fingerprint density at radius 3 is 1.79 bits per heavy atom. The minimum Gasteiger partial charge on any atom is -0.481 e. The number of nitrogens with zero attached hydrogens (tertiary/aromatic N) is 1. The van der Waals surface area contributed by atoms with Gasteiger partial charge in [0.15, 0.2) is 0 Å². The number of aliphatic hydroxyl groups excluding tert-OH is 3. The van der Waals surface area contributed by atoms with E-state index in [0.29, 0.717) is 49.9 Å². The van der Waals surface area contributed by atoms with Crippen LogP contribution < -0.4 is 0 Å².